The molecule has 1 aliphatic heterocycles. The smallest absolute Gasteiger partial charge is 0.295 e. The molecule has 0 spiro atoms. The fourth-order valence-corrected chi connectivity index (χ4v) is 5.77. The van der Waals surface area contributed by atoms with Gasteiger partial charge in [0.25, 0.3) is 11.7 Å². The maximum Gasteiger partial charge on any atom is 0.295 e. The van der Waals surface area contributed by atoms with E-state index in [1.807, 2.05) is 44.4 Å². The number of ether oxygens (including phenoxy) is 1. The van der Waals surface area contributed by atoms with E-state index in [9.17, 15) is 14.7 Å². The lowest BCUT2D eigenvalue weighted by molar-refractivity contribution is -0.141. The molecule has 6 heteroatoms. The largest absolute Gasteiger partial charge is 0.507 e. The molecule has 0 bridgehead atoms. The summed E-state index contributed by atoms with van der Waals surface area (Å²) >= 11 is 1.53. The summed E-state index contributed by atoms with van der Waals surface area (Å²) < 4.78 is 5.38. The highest BCUT2D eigenvalue weighted by Gasteiger charge is 2.50. The van der Waals surface area contributed by atoms with Gasteiger partial charge >= 0.3 is 0 Å². The molecule has 1 amide bonds. The second-order valence-corrected chi connectivity index (χ2v) is 9.20. The van der Waals surface area contributed by atoms with E-state index in [1.54, 1.807) is 12.0 Å². The van der Waals surface area contributed by atoms with Gasteiger partial charge in [0, 0.05) is 16.5 Å². The lowest BCUT2D eigenvalue weighted by atomic mass is 9.94. The van der Waals surface area contributed by atoms with Gasteiger partial charge in [-0.3, -0.25) is 9.59 Å². The van der Waals surface area contributed by atoms with E-state index in [-0.39, 0.29) is 17.4 Å². The summed E-state index contributed by atoms with van der Waals surface area (Å²) in [5, 5.41) is 13.3. The highest BCUT2D eigenvalue weighted by Crippen LogP contribution is 2.46. The van der Waals surface area contributed by atoms with E-state index >= 15 is 0 Å². The van der Waals surface area contributed by atoms with E-state index in [0.29, 0.717) is 5.56 Å². The summed E-state index contributed by atoms with van der Waals surface area (Å²) in [6.45, 7) is 5.76. The summed E-state index contributed by atoms with van der Waals surface area (Å²) in [5.74, 6) is -0.467. The molecule has 1 unspecified atom stereocenters. The Morgan fingerprint density at radius 2 is 1.80 bits per heavy atom. The SMILES string of the molecule is COc1cc(C)c(/C(O)=C2\C(=O)C(=O)N(C3CCCC3)C2c2sccc2C)cc1C. The van der Waals surface area contributed by atoms with Crippen molar-refractivity contribution in [3.05, 3.63) is 56.3 Å². The topological polar surface area (TPSA) is 66.8 Å². The van der Waals surface area contributed by atoms with Gasteiger partial charge in [0.2, 0.25) is 0 Å². The molecule has 2 heterocycles. The molecule has 30 heavy (non-hydrogen) atoms. The summed E-state index contributed by atoms with van der Waals surface area (Å²) in [6.07, 6.45) is 3.91. The van der Waals surface area contributed by atoms with Crippen LogP contribution in [0.2, 0.25) is 0 Å². The van der Waals surface area contributed by atoms with Crippen LogP contribution >= 0.6 is 11.3 Å². The average molecular weight is 426 g/mol. The minimum absolute atomic E-state index is 0.0388. The first-order valence-corrected chi connectivity index (χ1v) is 11.2. The number of carbonyl (C=O) groups excluding carboxylic acids is 2. The molecule has 1 saturated heterocycles. The Hall–Kier alpha value is -2.60. The summed E-state index contributed by atoms with van der Waals surface area (Å²) in [4.78, 5) is 29.0. The van der Waals surface area contributed by atoms with E-state index in [0.717, 1.165) is 53.0 Å². The molecule has 4 rings (SSSR count). The number of rotatable bonds is 4. The fraction of sp³-hybridized carbons (Fsp3) is 0.417. The molecule has 1 N–H and O–H groups in total. The minimum atomic E-state index is -0.593. The van der Waals surface area contributed by atoms with E-state index in [2.05, 4.69) is 0 Å². The number of hydrogen-bond donors (Lipinski definition) is 1. The van der Waals surface area contributed by atoms with E-state index in [1.165, 1.54) is 11.3 Å². The van der Waals surface area contributed by atoms with Gasteiger partial charge in [0.1, 0.15) is 17.6 Å². The zero-order valence-electron chi connectivity index (χ0n) is 17.8. The van der Waals surface area contributed by atoms with Crippen LogP contribution in [0.15, 0.2) is 29.2 Å². The van der Waals surface area contributed by atoms with Crippen LogP contribution in [0.4, 0.5) is 0 Å². The summed E-state index contributed by atoms with van der Waals surface area (Å²) in [5.41, 5.74) is 3.45. The zero-order chi connectivity index (χ0) is 21.6. The Bertz CT molecular complexity index is 1050. The molecule has 158 valence electrons. The standard InChI is InChI=1S/C24H27NO4S/c1-13-9-10-30-23(13)20-19(22(27)24(28)25(20)16-7-5-6-8-16)21(26)17-11-15(3)18(29-4)12-14(17)2/h9-12,16,20,26H,5-8H2,1-4H3/b21-19+. The van der Waals surface area contributed by atoms with Crippen LogP contribution in [0, 0.1) is 20.8 Å². The lowest BCUT2D eigenvalue weighted by Crippen LogP contribution is -2.37. The quantitative estimate of drug-likeness (QED) is 0.423. The normalized spacial score (nSPS) is 21.6. The Balaban J connectivity index is 1.92. The fourth-order valence-electron chi connectivity index (χ4n) is 4.74. The third kappa shape index (κ3) is 3.23. The second kappa shape index (κ2) is 7.91. The number of hydrogen-bond acceptors (Lipinski definition) is 5. The zero-order valence-corrected chi connectivity index (χ0v) is 18.6. The van der Waals surface area contributed by atoms with Gasteiger partial charge in [-0.2, -0.15) is 0 Å². The van der Waals surface area contributed by atoms with Crippen molar-refractivity contribution in [2.75, 3.05) is 7.11 Å². The number of thiophene rings is 1. The number of methoxy groups -OCH3 is 1. The second-order valence-electron chi connectivity index (χ2n) is 8.25. The number of ketones is 1. The Morgan fingerprint density at radius 3 is 2.40 bits per heavy atom. The monoisotopic (exact) mass is 425 g/mol. The number of carbonyl (C=O) groups is 2. The Morgan fingerprint density at radius 1 is 1.10 bits per heavy atom. The lowest BCUT2D eigenvalue weighted by Gasteiger charge is -2.30. The third-order valence-electron chi connectivity index (χ3n) is 6.35. The predicted octanol–water partition coefficient (Wildman–Crippen LogP) is 5.05. The molecule has 5 nitrogen and oxygen atoms in total. The number of amides is 1. The molecule has 1 aliphatic carbocycles. The van der Waals surface area contributed by atoms with Gasteiger partial charge in [-0.05, 0) is 73.9 Å². The van der Waals surface area contributed by atoms with Crippen molar-refractivity contribution < 1.29 is 19.4 Å². The first kappa shape index (κ1) is 20.7. The highest BCUT2D eigenvalue weighted by molar-refractivity contribution is 7.10. The van der Waals surface area contributed by atoms with E-state index < -0.39 is 17.7 Å². The third-order valence-corrected chi connectivity index (χ3v) is 7.42. The summed E-state index contributed by atoms with van der Waals surface area (Å²) in [6, 6.07) is 5.18. The maximum absolute atomic E-state index is 13.2. The number of benzene rings is 1. The van der Waals surface area contributed by atoms with Crippen LogP contribution in [-0.2, 0) is 9.59 Å². The Labute approximate surface area is 181 Å². The van der Waals surface area contributed by atoms with Crippen LogP contribution in [0.5, 0.6) is 5.75 Å². The molecule has 1 atom stereocenters. The van der Waals surface area contributed by atoms with E-state index in [4.69, 9.17) is 4.74 Å². The summed E-state index contributed by atoms with van der Waals surface area (Å²) in [7, 11) is 1.61. The van der Waals surface area contributed by atoms with Gasteiger partial charge < -0.3 is 14.7 Å². The van der Waals surface area contributed by atoms with Crippen molar-refractivity contribution in [2.24, 2.45) is 0 Å². The molecule has 0 radical (unpaired) electrons. The van der Waals surface area contributed by atoms with Gasteiger partial charge in [0.05, 0.1) is 12.7 Å². The van der Waals surface area contributed by atoms with Crippen molar-refractivity contribution in [2.45, 2.75) is 58.5 Å². The molecular formula is C24H27NO4S. The number of nitrogens with zero attached hydrogens (tertiary/aromatic N) is 1. The van der Waals surface area contributed by atoms with Crippen molar-refractivity contribution in [1.82, 2.24) is 4.90 Å². The van der Waals surface area contributed by atoms with Crippen LogP contribution in [-0.4, -0.2) is 34.8 Å². The number of Topliss-reactive ketones (excluding diaryl/α,β-unsaturated/α-hetero) is 1. The number of aryl methyl sites for hydroxylation is 3. The number of aliphatic hydroxyl groups is 1. The highest BCUT2D eigenvalue weighted by atomic mass is 32.1. The van der Waals surface area contributed by atoms with Crippen molar-refractivity contribution in [3.8, 4) is 5.75 Å². The van der Waals surface area contributed by atoms with Crippen LogP contribution in [0.3, 0.4) is 0 Å². The first-order valence-electron chi connectivity index (χ1n) is 10.3. The van der Waals surface area contributed by atoms with Crippen LogP contribution in [0.1, 0.15) is 58.9 Å². The number of aliphatic hydroxyl groups excluding tert-OH is 1. The molecule has 2 aromatic rings. The predicted molar refractivity (Wildman–Crippen MR) is 118 cm³/mol. The number of likely N-dealkylation sites (tertiary alicyclic amines) is 1. The van der Waals surface area contributed by atoms with Gasteiger partial charge in [-0.1, -0.05) is 12.8 Å². The molecule has 1 aromatic heterocycles. The molecule has 2 aliphatic rings. The van der Waals surface area contributed by atoms with Gasteiger partial charge in [0.15, 0.2) is 0 Å². The minimum Gasteiger partial charge on any atom is -0.507 e. The van der Waals surface area contributed by atoms with Crippen molar-refractivity contribution in [3.63, 3.8) is 0 Å². The first-order chi connectivity index (χ1) is 14.3. The van der Waals surface area contributed by atoms with Gasteiger partial charge in [-0.25, -0.2) is 0 Å². The Kier molecular flexibility index (Phi) is 5.45. The molecule has 1 saturated carbocycles. The van der Waals surface area contributed by atoms with Crippen LogP contribution < -0.4 is 4.74 Å². The van der Waals surface area contributed by atoms with Crippen molar-refractivity contribution >= 4 is 28.8 Å². The molecule has 2 fully saturated rings. The molecular weight excluding hydrogens is 398 g/mol. The average Bonchev–Trinajstić information content (AvgIpc) is 3.44. The van der Waals surface area contributed by atoms with Crippen LogP contribution in [0.25, 0.3) is 5.76 Å². The maximum atomic E-state index is 13.2. The van der Waals surface area contributed by atoms with Crippen molar-refractivity contribution in [1.29, 1.82) is 0 Å². The molecule has 1 aromatic carbocycles. The van der Waals surface area contributed by atoms with Gasteiger partial charge in [-0.15, -0.1) is 11.3 Å².